The standard InChI is InChI=1S/C39H78P3.2C2F6NO4S2/c1-13-22-40(23-14-2,24-15-3)31-37-34(10)38(32-41(25-16-4,26-17-5)27-18-6)36(12)39(35(37)11)33-42(28-19-7,29-20-8)30-21-9;2*3-1(4,5)14(10,11)9-15(12,13)2(6,7)8/h13-33H2,1-12H3;;/q+3;2*-1. The number of sulfonamides is 4. The highest BCUT2D eigenvalue weighted by molar-refractivity contribution is 8.13. The molecule has 0 bridgehead atoms. The molecule has 0 N–H and O–H groups in total. The summed E-state index contributed by atoms with van der Waals surface area (Å²) in [6, 6.07) is 0. The molecular formula is C43H78F12N2O8P3S4+. The van der Waals surface area contributed by atoms with Crippen molar-refractivity contribution in [3.05, 3.63) is 41.6 Å². The largest absolute Gasteiger partial charge is 0.480 e. The second kappa shape index (κ2) is 29.9. The zero-order chi connectivity index (χ0) is 57.2. The topological polar surface area (TPSA) is 165 Å². The molecule has 0 unspecified atom stereocenters. The molecule has 0 saturated carbocycles. The van der Waals surface area contributed by atoms with Crippen molar-refractivity contribution in [3.63, 3.8) is 0 Å². The van der Waals surface area contributed by atoms with Crippen molar-refractivity contribution in [2.24, 2.45) is 0 Å². The number of alkyl halides is 12. The highest BCUT2D eigenvalue weighted by atomic mass is 32.3. The molecule has 0 heterocycles. The Balaban J connectivity index is 0. The predicted octanol–water partition coefficient (Wildman–Crippen LogP) is 16.0. The molecule has 0 aromatic heterocycles. The van der Waals surface area contributed by atoms with E-state index in [1.165, 1.54) is 132 Å². The van der Waals surface area contributed by atoms with E-state index in [-0.39, 0.29) is 0 Å². The Morgan fingerprint density at radius 1 is 0.306 bits per heavy atom. The zero-order valence-electron chi connectivity index (χ0n) is 43.5. The van der Waals surface area contributed by atoms with E-state index in [1.54, 1.807) is 16.7 Å². The maximum Gasteiger partial charge on any atom is 0.480 e. The Labute approximate surface area is 424 Å². The van der Waals surface area contributed by atoms with Crippen molar-refractivity contribution in [1.82, 2.24) is 0 Å². The van der Waals surface area contributed by atoms with Gasteiger partial charge in [0.2, 0.25) is 0 Å². The number of benzene rings is 1. The van der Waals surface area contributed by atoms with Gasteiger partial charge in [-0.3, -0.25) is 0 Å². The first-order valence-corrected chi connectivity index (χ1v) is 37.2. The third kappa shape index (κ3) is 21.7. The first-order chi connectivity index (χ1) is 32.5. The van der Waals surface area contributed by atoms with E-state index in [9.17, 15) is 86.4 Å². The summed E-state index contributed by atoms with van der Waals surface area (Å²) >= 11 is 0. The van der Waals surface area contributed by atoms with Gasteiger partial charge in [0.15, 0.2) is 40.1 Å². The molecule has 0 spiro atoms. The third-order valence-electron chi connectivity index (χ3n) is 12.0. The molecule has 430 valence electrons. The zero-order valence-corrected chi connectivity index (χ0v) is 49.5. The number of hydrogen-bond donors (Lipinski definition) is 0. The van der Waals surface area contributed by atoms with Crippen molar-refractivity contribution in [2.75, 3.05) is 55.5 Å². The predicted molar refractivity (Wildman–Crippen MR) is 276 cm³/mol. The fraction of sp³-hybridized carbons (Fsp3) is 0.860. The average Bonchev–Trinajstić information content (AvgIpc) is 3.19. The van der Waals surface area contributed by atoms with Crippen LogP contribution in [0.1, 0.15) is 153 Å². The van der Waals surface area contributed by atoms with E-state index < -0.39 is 83.9 Å². The average molecular weight is 1200 g/mol. The van der Waals surface area contributed by atoms with E-state index in [1.807, 2.05) is 16.7 Å². The molecule has 0 atom stereocenters. The molecule has 0 amide bonds. The van der Waals surface area contributed by atoms with E-state index in [0.29, 0.717) is 0 Å². The van der Waals surface area contributed by atoms with E-state index >= 15 is 0 Å². The molecule has 0 fully saturated rings. The van der Waals surface area contributed by atoms with E-state index in [0.717, 1.165) is 8.25 Å². The minimum atomic E-state index is -6.72. The molecular weight excluding hydrogens is 1120 g/mol. The van der Waals surface area contributed by atoms with Crippen LogP contribution in [0, 0.1) is 20.8 Å². The summed E-state index contributed by atoms with van der Waals surface area (Å²) in [4.78, 5) is 0. The van der Waals surface area contributed by atoms with Crippen molar-refractivity contribution in [2.45, 2.75) is 181 Å². The second-order valence-electron chi connectivity index (χ2n) is 18.2. The van der Waals surface area contributed by atoms with Crippen LogP contribution in [0.4, 0.5) is 52.7 Å². The van der Waals surface area contributed by atoms with Crippen LogP contribution in [0.15, 0.2) is 0 Å². The van der Waals surface area contributed by atoms with Crippen LogP contribution in [0.2, 0.25) is 0 Å². The molecule has 10 nitrogen and oxygen atoms in total. The summed E-state index contributed by atoms with van der Waals surface area (Å²) in [7, 11) is -29.8. The first-order valence-electron chi connectivity index (χ1n) is 23.9. The van der Waals surface area contributed by atoms with Crippen LogP contribution < -0.4 is 0 Å². The summed E-state index contributed by atoms with van der Waals surface area (Å²) < 4.78 is 218. The Morgan fingerprint density at radius 2 is 0.431 bits per heavy atom. The Hall–Kier alpha value is -0.610. The van der Waals surface area contributed by atoms with Crippen LogP contribution in [-0.2, 0) is 58.6 Å². The van der Waals surface area contributed by atoms with Gasteiger partial charge in [0, 0.05) is 21.8 Å². The molecule has 0 aliphatic carbocycles. The molecule has 0 radical (unpaired) electrons. The van der Waals surface area contributed by atoms with Gasteiger partial charge in [-0.1, -0.05) is 62.3 Å². The lowest BCUT2D eigenvalue weighted by Gasteiger charge is -2.34. The molecule has 1 aromatic rings. The summed E-state index contributed by atoms with van der Waals surface area (Å²) in [5.41, 5.74) is -14.0. The molecule has 0 saturated heterocycles. The highest BCUT2D eigenvalue weighted by Crippen LogP contribution is 2.67. The normalized spacial score (nSPS) is 13.9. The fourth-order valence-electron chi connectivity index (χ4n) is 9.52. The van der Waals surface area contributed by atoms with Gasteiger partial charge in [0.1, 0.15) is 0 Å². The van der Waals surface area contributed by atoms with E-state index in [4.69, 9.17) is 0 Å². The fourth-order valence-corrected chi connectivity index (χ4v) is 28.4. The van der Waals surface area contributed by atoms with Crippen LogP contribution in [-0.4, -0.2) is 111 Å². The van der Waals surface area contributed by atoms with Crippen LogP contribution >= 0.6 is 21.8 Å². The highest BCUT2D eigenvalue weighted by Gasteiger charge is 2.49. The molecule has 29 heteroatoms. The first kappa shape index (κ1) is 73.5. The smallest absolute Gasteiger partial charge is 0.421 e. The lowest BCUT2D eigenvalue weighted by atomic mass is 9.90. The summed E-state index contributed by atoms with van der Waals surface area (Å²) in [6.45, 7) is 29.9. The maximum absolute atomic E-state index is 11.4. The Kier molecular flexibility index (Phi) is 30.6. The summed E-state index contributed by atoms with van der Waals surface area (Å²) in [6.07, 6.45) is 30.1. The van der Waals surface area contributed by atoms with Crippen LogP contribution in [0.25, 0.3) is 8.25 Å². The third-order valence-corrected chi connectivity index (χ3v) is 33.0. The number of rotatable bonds is 28. The number of hydrogen-bond acceptors (Lipinski definition) is 8. The van der Waals surface area contributed by atoms with Crippen molar-refractivity contribution in [3.8, 4) is 0 Å². The van der Waals surface area contributed by atoms with Gasteiger partial charge in [0.25, 0.3) is 0 Å². The van der Waals surface area contributed by atoms with Crippen LogP contribution in [0.3, 0.4) is 0 Å². The van der Waals surface area contributed by atoms with Crippen molar-refractivity contribution >= 4 is 61.9 Å². The van der Waals surface area contributed by atoms with Gasteiger partial charge in [-0.05, 0) is 112 Å². The molecule has 1 rings (SSSR count). The lowest BCUT2D eigenvalue weighted by Crippen LogP contribution is -2.30. The Bertz CT molecular complexity index is 1920. The van der Waals surface area contributed by atoms with Gasteiger partial charge >= 0.3 is 22.0 Å². The van der Waals surface area contributed by atoms with Gasteiger partial charge in [-0.2, -0.15) is 52.7 Å². The SMILES string of the molecule is CCC[P+](CCC)(CCC)Cc1c(C)c(C[P+](CCC)(CCC)CCC)c(C)c(C[P+](CCC)(CCC)CCC)c1C.O=S(=O)([N-]S(=O)(=O)C(F)(F)F)C(F)(F)F.O=S(=O)([N-]S(=O)(=O)C(F)(F)F)C(F)(F)F. The molecule has 72 heavy (non-hydrogen) atoms. The van der Waals surface area contributed by atoms with Crippen molar-refractivity contribution in [1.29, 1.82) is 0 Å². The number of halogens is 12. The van der Waals surface area contributed by atoms with E-state index in [2.05, 4.69) is 83.1 Å². The second-order valence-corrected chi connectivity index (χ2v) is 38.0. The minimum absolute atomic E-state index is 0.778. The van der Waals surface area contributed by atoms with Crippen molar-refractivity contribution < 1.29 is 86.4 Å². The Morgan fingerprint density at radius 3 is 0.528 bits per heavy atom. The number of nitrogens with zero attached hydrogens (tertiary/aromatic N) is 2. The maximum atomic E-state index is 11.4. The molecule has 1 aromatic carbocycles. The van der Waals surface area contributed by atoms with Gasteiger partial charge in [-0.25, -0.2) is 33.7 Å². The summed E-state index contributed by atoms with van der Waals surface area (Å²) in [5.74, 6) is 0. The monoisotopic (exact) mass is 1200 g/mol. The minimum Gasteiger partial charge on any atom is -0.421 e. The van der Waals surface area contributed by atoms with Gasteiger partial charge < -0.3 is 8.25 Å². The van der Waals surface area contributed by atoms with Gasteiger partial charge in [0.05, 0.1) is 73.9 Å². The molecule has 0 aliphatic rings. The molecule has 0 aliphatic heterocycles. The van der Waals surface area contributed by atoms with Crippen LogP contribution in [0.5, 0.6) is 0 Å². The lowest BCUT2D eigenvalue weighted by molar-refractivity contribution is -0.0456. The van der Waals surface area contributed by atoms with Gasteiger partial charge in [-0.15, -0.1) is 0 Å². The quantitative estimate of drug-likeness (QED) is 0.0591. The summed E-state index contributed by atoms with van der Waals surface area (Å²) in [5, 5.41) is 0.